The van der Waals surface area contributed by atoms with Gasteiger partial charge in [-0.15, -0.1) is 21.5 Å². The van der Waals surface area contributed by atoms with Crippen molar-refractivity contribution in [2.45, 2.75) is 18.7 Å². The molecule has 0 saturated carbocycles. The molecule has 0 amide bonds. The third-order valence-electron chi connectivity index (χ3n) is 3.56. The zero-order valence-electron chi connectivity index (χ0n) is 14.5. The van der Waals surface area contributed by atoms with E-state index in [1.165, 1.54) is 0 Å². The highest BCUT2D eigenvalue weighted by Crippen LogP contribution is 2.22. The first kappa shape index (κ1) is 18.5. The zero-order valence-corrected chi connectivity index (χ0v) is 16.1. The normalized spacial score (nSPS) is 11.5. The number of nitrogens with zero attached hydrogens (tertiary/aromatic N) is 2. The number of thiophene rings is 1. The Balaban J connectivity index is 1.53. The molecule has 3 rings (SSSR count). The molecule has 136 valence electrons. The van der Waals surface area contributed by atoms with Crippen molar-refractivity contribution in [1.29, 1.82) is 0 Å². The lowest BCUT2D eigenvalue weighted by Crippen LogP contribution is -2.28. The van der Waals surface area contributed by atoms with Crippen molar-refractivity contribution in [3.63, 3.8) is 0 Å². The van der Waals surface area contributed by atoms with Gasteiger partial charge in [-0.05, 0) is 54.6 Å². The average Bonchev–Trinajstić information content (AvgIpc) is 3.13. The van der Waals surface area contributed by atoms with Gasteiger partial charge in [-0.25, -0.2) is 13.1 Å². The standard InChI is InChI=1S/C18H19N3O3S2/c1-13-10-14(2)12-15(11-13)26(22,23)19-7-8-24-18-6-5-16(20-21-18)17-4-3-9-25-17/h3-6,9-12,19H,7-8H2,1-2H3. The van der Waals surface area contributed by atoms with Crippen LogP contribution in [0.5, 0.6) is 5.88 Å². The summed E-state index contributed by atoms with van der Waals surface area (Å²) >= 11 is 1.59. The molecule has 2 heterocycles. The Morgan fingerprint density at radius 2 is 1.85 bits per heavy atom. The summed E-state index contributed by atoms with van der Waals surface area (Å²) in [4.78, 5) is 1.29. The first-order chi connectivity index (χ1) is 12.4. The summed E-state index contributed by atoms with van der Waals surface area (Å²) in [5.41, 5.74) is 2.59. The number of hydrogen-bond donors (Lipinski definition) is 1. The quantitative estimate of drug-likeness (QED) is 0.628. The van der Waals surface area contributed by atoms with Crippen LogP contribution in [0.15, 0.2) is 52.7 Å². The number of nitrogens with one attached hydrogen (secondary N) is 1. The molecule has 0 unspecified atom stereocenters. The van der Waals surface area contributed by atoms with Gasteiger partial charge >= 0.3 is 0 Å². The Labute approximate surface area is 156 Å². The first-order valence-electron chi connectivity index (χ1n) is 8.02. The molecular weight excluding hydrogens is 370 g/mol. The number of ether oxygens (including phenoxy) is 1. The van der Waals surface area contributed by atoms with E-state index in [-0.39, 0.29) is 18.0 Å². The molecule has 2 aromatic heterocycles. The maximum absolute atomic E-state index is 12.3. The Hall–Kier alpha value is -2.29. The van der Waals surface area contributed by atoms with Crippen molar-refractivity contribution in [3.05, 3.63) is 59.0 Å². The van der Waals surface area contributed by atoms with E-state index < -0.39 is 10.0 Å². The van der Waals surface area contributed by atoms with Gasteiger partial charge in [0.1, 0.15) is 12.3 Å². The molecule has 8 heteroatoms. The van der Waals surface area contributed by atoms with Crippen LogP contribution >= 0.6 is 11.3 Å². The minimum absolute atomic E-state index is 0.143. The summed E-state index contributed by atoms with van der Waals surface area (Å²) in [5.74, 6) is 0.357. The summed E-state index contributed by atoms with van der Waals surface area (Å²) in [5, 5.41) is 10.1. The largest absolute Gasteiger partial charge is 0.475 e. The predicted molar refractivity (Wildman–Crippen MR) is 102 cm³/mol. The Bertz CT molecular complexity index is 949. The van der Waals surface area contributed by atoms with Crippen molar-refractivity contribution in [2.24, 2.45) is 0 Å². The second-order valence-corrected chi connectivity index (χ2v) is 8.52. The lowest BCUT2D eigenvalue weighted by Gasteiger charge is -2.09. The van der Waals surface area contributed by atoms with Crippen LogP contribution in [-0.2, 0) is 10.0 Å². The molecule has 26 heavy (non-hydrogen) atoms. The minimum Gasteiger partial charge on any atom is -0.475 e. The number of aryl methyl sites for hydroxylation is 2. The van der Waals surface area contributed by atoms with Crippen molar-refractivity contribution in [3.8, 4) is 16.5 Å². The van der Waals surface area contributed by atoms with E-state index in [2.05, 4.69) is 14.9 Å². The molecule has 1 aromatic carbocycles. The average molecular weight is 390 g/mol. The van der Waals surface area contributed by atoms with Crippen LogP contribution in [0.4, 0.5) is 0 Å². The topological polar surface area (TPSA) is 81.2 Å². The second-order valence-electron chi connectivity index (χ2n) is 5.80. The van der Waals surface area contributed by atoms with Gasteiger partial charge in [0.25, 0.3) is 0 Å². The highest BCUT2D eigenvalue weighted by Gasteiger charge is 2.14. The van der Waals surface area contributed by atoms with Crippen LogP contribution in [0.25, 0.3) is 10.6 Å². The SMILES string of the molecule is Cc1cc(C)cc(S(=O)(=O)NCCOc2ccc(-c3cccs3)nn2)c1. The van der Waals surface area contributed by atoms with Gasteiger partial charge in [-0.3, -0.25) is 0 Å². The molecule has 1 N–H and O–H groups in total. The molecule has 0 aliphatic carbocycles. The molecule has 6 nitrogen and oxygen atoms in total. The molecule has 0 fully saturated rings. The monoisotopic (exact) mass is 389 g/mol. The van der Waals surface area contributed by atoms with Crippen LogP contribution in [0.3, 0.4) is 0 Å². The third kappa shape index (κ3) is 4.66. The summed E-state index contributed by atoms with van der Waals surface area (Å²) in [6.07, 6.45) is 0. The lowest BCUT2D eigenvalue weighted by molar-refractivity contribution is 0.307. The first-order valence-corrected chi connectivity index (χ1v) is 10.4. The van der Waals surface area contributed by atoms with Gasteiger partial charge in [-0.2, -0.15) is 0 Å². The highest BCUT2D eigenvalue weighted by molar-refractivity contribution is 7.89. The number of benzene rings is 1. The summed E-state index contributed by atoms with van der Waals surface area (Å²) in [6, 6.07) is 12.7. The molecule has 0 spiro atoms. The molecule has 0 aliphatic heterocycles. The van der Waals surface area contributed by atoms with E-state index in [0.29, 0.717) is 5.88 Å². The summed E-state index contributed by atoms with van der Waals surface area (Å²) in [6.45, 7) is 4.04. The fourth-order valence-electron chi connectivity index (χ4n) is 2.46. The molecule has 0 saturated heterocycles. The van der Waals surface area contributed by atoms with Crippen molar-refractivity contribution in [1.82, 2.24) is 14.9 Å². The Morgan fingerprint density at radius 1 is 1.08 bits per heavy atom. The fraction of sp³-hybridized carbons (Fsp3) is 0.222. The van der Waals surface area contributed by atoms with Crippen LogP contribution < -0.4 is 9.46 Å². The smallest absolute Gasteiger partial charge is 0.240 e. The van der Waals surface area contributed by atoms with Crippen molar-refractivity contribution in [2.75, 3.05) is 13.2 Å². The molecular formula is C18H19N3O3S2. The fourth-order valence-corrected chi connectivity index (χ4v) is 4.35. The third-order valence-corrected chi connectivity index (χ3v) is 5.90. The summed E-state index contributed by atoms with van der Waals surface area (Å²) < 4.78 is 32.7. The Kier molecular flexibility index (Phi) is 5.65. The van der Waals surface area contributed by atoms with Gasteiger partial charge in [0, 0.05) is 12.6 Å². The van der Waals surface area contributed by atoms with Gasteiger partial charge in [0.2, 0.25) is 15.9 Å². The number of rotatable bonds is 7. The number of hydrogen-bond acceptors (Lipinski definition) is 6. The van der Waals surface area contributed by atoms with Gasteiger partial charge in [0.05, 0.1) is 9.77 Å². The van der Waals surface area contributed by atoms with Crippen molar-refractivity contribution < 1.29 is 13.2 Å². The Morgan fingerprint density at radius 3 is 2.46 bits per heavy atom. The predicted octanol–water partition coefficient (Wildman–Crippen LogP) is 3.18. The van der Waals surface area contributed by atoms with Gasteiger partial charge in [-0.1, -0.05) is 12.1 Å². The van der Waals surface area contributed by atoms with E-state index >= 15 is 0 Å². The highest BCUT2D eigenvalue weighted by atomic mass is 32.2. The van der Waals surface area contributed by atoms with Crippen molar-refractivity contribution >= 4 is 21.4 Å². The van der Waals surface area contributed by atoms with Crippen LogP contribution in [0.2, 0.25) is 0 Å². The van der Waals surface area contributed by atoms with E-state index in [1.807, 2.05) is 43.5 Å². The minimum atomic E-state index is -3.56. The summed E-state index contributed by atoms with van der Waals surface area (Å²) in [7, 11) is -3.56. The van der Waals surface area contributed by atoms with Crippen LogP contribution in [0, 0.1) is 13.8 Å². The maximum atomic E-state index is 12.3. The van der Waals surface area contributed by atoms with E-state index in [0.717, 1.165) is 21.7 Å². The van der Waals surface area contributed by atoms with E-state index in [1.54, 1.807) is 29.5 Å². The maximum Gasteiger partial charge on any atom is 0.240 e. The second kappa shape index (κ2) is 7.94. The van der Waals surface area contributed by atoms with Crippen LogP contribution in [0.1, 0.15) is 11.1 Å². The molecule has 0 bridgehead atoms. The molecule has 0 aliphatic rings. The van der Waals surface area contributed by atoms with Gasteiger partial charge < -0.3 is 4.74 Å². The van der Waals surface area contributed by atoms with E-state index in [9.17, 15) is 8.42 Å². The molecule has 0 atom stereocenters. The lowest BCUT2D eigenvalue weighted by atomic mass is 10.2. The zero-order chi connectivity index (χ0) is 18.6. The number of aromatic nitrogens is 2. The van der Waals surface area contributed by atoms with E-state index in [4.69, 9.17) is 4.74 Å². The molecule has 0 radical (unpaired) electrons. The number of sulfonamides is 1. The molecule has 3 aromatic rings. The van der Waals surface area contributed by atoms with Crippen LogP contribution in [-0.4, -0.2) is 31.8 Å². The van der Waals surface area contributed by atoms with Gasteiger partial charge in [0.15, 0.2) is 0 Å².